The lowest BCUT2D eigenvalue weighted by molar-refractivity contribution is -0.0432. The summed E-state index contributed by atoms with van der Waals surface area (Å²) in [5.74, 6) is -0.0675. The number of hydrogen-bond donors (Lipinski definition) is 4. The Labute approximate surface area is 113 Å². The van der Waals surface area contributed by atoms with Crippen LogP contribution in [0, 0.1) is 0 Å². The molecule has 0 saturated carbocycles. The van der Waals surface area contributed by atoms with E-state index in [9.17, 15) is 9.90 Å². The third-order valence-corrected chi connectivity index (χ3v) is 3.00. The quantitative estimate of drug-likeness (QED) is 0.473. The van der Waals surface area contributed by atoms with Crippen LogP contribution in [0.25, 0.3) is 11.2 Å². The highest BCUT2D eigenvalue weighted by molar-refractivity contribution is 5.70. The van der Waals surface area contributed by atoms with Crippen molar-refractivity contribution >= 4 is 17.1 Å². The molecule has 0 aliphatic carbocycles. The summed E-state index contributed by atoms with van der Waals surface area (Å²) in [6.07, 6.45) is -2.31. The lowest BCUT2D eigenvalue weighted by Crippen LogP contribution is -2.24. The molecule has 0 radical (unpaired) electrons. The van der Waals surface area contributed by atoms with E-state index in [1.54, 1.807) is 0 Å². The number of nitrogens with zero attached hydrogens (tertiary/aromatic N) is 3. The molecule has 0 bridgehead atoms. The molecule has 10 nitrogen and oxygen atoms in total. The minimum atomic E-state index is -1.80. The van der Waals surface area contributed by atoms with E-state index in [4.69, 9.17) is 16.9 Å². The molecule has 20 heavy (non-hydrogen) atoms. The second-order valence-corrected chi connectivity index (χ2v) is 4.22. The Kier molecular flexibility index (Phi) is 3.36. The number of aromatic amines is 1. The zero-order valence-corrected chi connectivity index (χ0v) is 10.3. The van der Waals surface area contributed by atoms with E-state index < -0.39 is 30.6 Å². The van der Waals surface area contributed by atoms with Crippen LogP contribution in [0.15, 0.2) is 11.1 Å². The van der Waals surface area contributed by atoms with Gasteiger partial charge in [-0.1, -0.05) is 0 Å². The van der Waals surface area contributed by atoms with Crippen molar-refractivity contribution in [1.82, 2.24) is 19.5 Å². The van der Waals surface area contributed by atoms with E-state index in [2.05, 4.69) is 15.0 Å². The molecule has 1 saturated heterocycles. The van der Waals surface area contributed by atoms with Crippen molar-refractivity contribution in [3.63, 3.8) is 0 Å². The molecule has 10 heteroatoms. The number of nitrogen functional groups attached to an aromatic ring is 1. The van der Waals surface area contributed by atoms with Gasteiger partial charge in [-0.05, 0) is 0 Å². The van der Waals surface area contributed by atoms with Gasteiger partial charge in [-0.25, -0.2) is 4.98 Å². The molecule has 2 aromatic heterocycles. The predicted octanol–water partition coefficient (Wildman–Crippen LogP) is -2.48. The van der Waals surface area contributed by atoms with Crippen LogP contribution in [0.3, 0.4) is 0 Å². The summed E-state index contributed by atoms with van der Waals surface area (Å²) < 4.78 is 14.5. The van der Waals surface area contributed by atoms with Gasteiger partial charge in [0.2, 0.25) is 5.95 Å². The zero-order chi connectivity index (χ0) is 14.5. The lowest BCUT2D eigenvalue weighted by Gasteiger charge is -2.13. The van der Waals surface area contributed by atoms with E-state index in [1.807, 2.05) is 0 Å². The van der Waals surface area contributed by atoms with Crippen LogP contribution >= 0.6 is 0 Å². The summed E-state index contributed by atoms with van der Waals surface area (Å²) in [7, 11) is 0. The van der Waals surface area contributed by atoms with E-state index in [0.717, 1.165) is 0 Å². The molecule has 0 spiro atoms. The molecule has 3 atom stereocenters. The minimum absolute atomic E-state index is 0. The van der Waals surface area contributed by atoms with E-state index >= 15 is 0 Å². The van der Waals surface area contributed by atoms with Gasteiger partial charge >= 0.3 is 0 Å². The summed E-state index contributed by atoms with van der Waals surface area (Å²) in [5, 5.41) is 18.9. The van der Waals surface area contributed by atoms with E-state index in [-0.39, 0.29) is 29.0 Å². The van der Waals surface area contributed by atoms with Crippen molar-refractivity contribution in [2.45, 2.75) is 24.8 Å². The maximum atomic E-state index is 11.7. The van der Waals surface area contributed by atoms with Crippen molar-refractivity contribution in [3.05, 3.63) is 16.7 Å². The molecule has 3 heterocycles. The number of ether oxygens (including phenoxy) is 1. The van der Waals surface area contributed by atoms with Gasteiger partial charge in [0.25, 0.3) is 5.56 Å². The fraction of sp³-hybridized carbons (Fsp3) is 0.500. The van der Waals surface area contributed by atoms with Crippen LogP contribution in [-0.4, -0.2) is 54.0 Å². The molecule has 1 aliphatic rings. The van der Waals surface area contributed by atoms with Crippen molar-refractivity contribution in [1.29, 1.82) is 0 Å². The van der Waals surface area contributed by atoms with Crippen molar-refractivity contribution in [2.75, 3.05) is 12.3 Å². The van der Waals surface area contributed by atoms with Crippen molar-refractivity contribution in [3.8, 4) is 0 Å². The molecule has 3 rings (SSSR count). The number of aliphatic hydroxyl groups excluding tert-OH is 2. The molecule has 0 unspecified atom stereocenters. The van der Waals surface area contributed by atoms with Crippen LogP contribution in [0.4, 0.5) is 5.95 Å². The standard InChI is InChI=1S/C10H13N5O4.H2O/c11-10-13-8-7(9(18)14-10)12-3-15(8)6-1-4(17)5(2-16)19-6;/h3-6,16-17H,1-2H2,(H3,11,13,14,18);1H2/t4-,5+,6+;/m0./s1/i5D;. The largest absolute Gasteiger partial charge is 0.412 e. The fourth-order valence-corrected chi connectivity index (χ4v) is 2.09. The van der Waals surface area contributed by atoms with E-state index in [0.29, 0.717) is 0 Å². The third-order valence-electron chi connectivity index (χ3n) is 3.00. The van der Waals surface area contributed by atoms with Gasteiger partial charge in [0.1, 0.15) is 12.3 Å². The highest BCUT2D eigenvalue weighted by Gasteiger charge is 2.35. The Morgan fingerprint density at radius 2 is 2.45 bits per heavy atom. The summed E-state index contributed by atoms with van der Waals surface area (Å²) in [4.78, 5) is 21.9. The molecule has 7 N–H and O–H groups in total. The number of rotatable bonds is 2. The fourth-order valence-electron chi connectivity index (χ4n) is 2.09. The van der Waals surface area contributed by atoms with Gasteiger partial charge < -0.3 is 26.2 Å². The molecule has 0 amide bonds. The highest BCUT2D eigenvalue weighted by atomic mass is 16.5. The SMILES string of the molecule is O.[2H][C@]1(CO)O[C@@H](n2cnc3c(=O)[nH]c(N)nc32)C[C@@H]1O. The molecule has 2 aromatic rings. The number of aliphatic hydroxyl groups is 2. The average molecular weight is 286 g/mol. The molecule has 1 aliphatic heterocycles. The maximum absolute atomic E-state index is 11.7. The maximum Gasteiger partial charge on any atom is 0.280 e. The summed E-state index contributed by atoms with van der Waals surface area (Å²) in [6.45, 7) is -0.645. The first-order chi connectivity index (χ1) is 9.44. The van der Waals surface area contributed by atoms with Crippen molar-refractivity contribution < 1.29 is 21.8 Å². The normalized spacial score (nSPS) is 30.2. The van der Waals surface area contributed by atoms with Crippen LogP contribution in [0.1, 0.15) is 14.0 Å². The zero-order valence-electron chi connectivity index (χ0n) is 11.3. The second-order valence-electron chi connectivity index (χ2n) is 4.22. The first-order valence-corrected chi connectivity index (χ1v) is 5.63. The Morgan fingerprint density at radius 3 is 3.10 bits per heavy atom. The molecule has 110 valence electrons. The van der Waals surface area contributed by atoms with Crippen LogP contribution in [0.2, 0.25) is 0 Å². The third kappa shape index (κ3) is 2.14. The molecule has 1 fully saturated rings. The van der Waals surface area contributed by atoms with Crippen LogP contribution in [-0.2, 0) is 4.74 Å². The number of anilines is 1. The van der Waals surface area contributed by atoms with Crippen molar-refractivity contribution in [2.24, 2.45) is 0 Å². The minimum Gasteiger partial charge on any atom is -0.412 e. The Morgan fingerprint density at radius 1 is 1.70 bits per heavy atom. The molecular formula is C10H15N5O5. The second kappa shape index (κ2) is 5.17. The Bertz CT molecular complexity index is 717. The van der Waals surface area contributed by atoms with Gasteiger partial charge in [-0.3, -0.25) is 14.3 Å². The monoisotopic (exact) mass is 286 g/mol. The Balaban J connectivity index is 0.00000161. The van der Waals surface area contributed by atoms with E-state index in [1.165, 1.54) is 10.9 Å². The summed E-state index contributed by atoms with van der Waals surface area (Å²) in [6, 6.07) is 0. The number of fused-ring (bicyclic) bond motifs is 1. The van der Waals surface area contributed by atoms with Gasteiger partial charge in [0.05, 0.1) is 20.4 Å². The first kappa shape index (κ1) is 13.0. The first-order valence-electron chi connectivity index (χ1n) is 6.13. The number of aromatic nitrogens is 4. The number of H-pyrrole nitrogens is 1. The summed E-state index contributed by atoms with van der Waals surface area (Å²) >= 11 is 0. The van der Waals surface area contributed by atoms with Gasteiger partial charge in [0.15, 0.2) is 11.2 Å². The smallest absolute Gasteiger partial charge is 0.280 e. The summed E-state index contributed by atoms with van der Waals surface area (Å²) in [5.41, 5.74) is 5.29. The Hall–Kier alpha value is -2.01. The number of nitrogens with two attached hydrogens (primary N) is 1. The number of imidazole rings is 1. The highest BCUT2D eigenvalue weighted by Crippen LogP contribution is 2.30. The van der Waals surface area contributed by atoms with Crippen LogP contribution in [0.5, 0.6) is 0 Å². The van der Waals surface area contributed by atoms with Gasteiger partial charge in [-0.15, -0.1) is 0 Å². The number of hydrogen-bond acceptors (Lipinski definition) is 7. The van der Waals surface area contributed by atoms with Crippen LogP contribution < -0.4 is 11.3 Å². The number of nitrogens with one attached hydrogen (secondary N) is 1. The predicted molar refractivity (Wildman–Crippen MR) is 67.8 cm³/mol. The van der Waals surface area contributed by atoms with Gasteiger partial charge in [0, 0.05) is 6.42 Å². The van der Waals surface area contributed by atoms with Gasteiger partial charge in [-0.2, -0.15) is 4.98 Å². The molecular weight excluding hydrogens is 270 g/mol. The average Bonchev–Trinajstić information content (AvgIpc) is 2.92. The lowest BCUT2D eigenvalue weighted by atomic mass is 10.2. The topological polar surface area (TPSA) is 171 Å². The molecule has 0 aromatic carbocycles.